The smallest absolute Gasteiger partial charge is 0.337 e. The van der Waals surface area contributed by atoms with E-state index < -0.39 is 0 Å². The standard InChI is InChI=1S/C14H18O3/c1-4-12(10(2)15)9-11-5-7-13(8-6-11)14(16)17-3/h5-8,12H,4,9H2,1-3H3. The predicted octanol–water partition coefficient (Wildman–Crippen LogP) is 2.63. The summed E-state index contributed by atoms with van der Waals surface area (Å²) in [6, 6.07) is 7.21. The molecule has 0 fully saturated rings. The van der Waals surface area contributed by atoms with E-state index in [9.17, 15) is 9.59 Å². The molecular weight excluding hydrogens is 216 g/mol. The number of carbonyl (C=O) groups is 2. The fraction of sp³-hybridized carbons (Fsp3) is 0.429. The number of esters is 1. The largest absolute Gasteiger partial charge is 0.465 e. The van der Waals surface area contributed by atoms with Crippen LogP contribution in [0.2, 0.25) is 0 Å². The minimum atomic E-state index is -0.338. The number of rotatable bonds is 5. The summed E-state index contributed by atoms with van der Waals surface area (Å²) in [6.45, 7) is 3.63. The van der Waals surface area contributed by atoms with Crippen molar-refractivity contribution in [3.8, 4) is 0 Å². The molecule has 92 valence electrons. The Morgan fingerprint density at radius 1 is 1.24 bits per heavy atom. The van der Waals surface area contributed by atoms with Gasteiger partial charge in [-0.3, -0.25) is 4.79 Å². The maximum Gasteiger partial charge on any atom is 0.337 e. The summed E-state index contributed by atoms with van der Waals surface area (Å²) >= 11 is 0. The van der Waals surface area contributed by atoms with Gasteiger partial charge in [0.15, 0.2) is 0 Å². The van der Waals surface area contributed by atoms with Gasteiger partial charge in [0.2, 0.25) is 0 Å². The lowest BCUT2D eigenvalue weighted by Crippen LogP contribution is -2.12. The van der Waals surface area contributed by atoms with E-state index in [-0.39, 0.29) is 17.7 Å². The van der Waals surface area contributed by atoms with Gasteiger partial charge in [0.05, 0.1) is 12.7 Å². The molecule has 1 aromatic carbocycles. The molecule has 0 saturated carbocycles. The van der Waals surface area contributed by atoms with Crippen LogP contribution in [0.3, 0.4) is 0 Å². The van der Waals surface area contributed by atoms with Crippen LogP contribution < -0.4 is 0 Å². The molecule has 0 aliphatic rings. The van der Waals surface area contributed by atoms with Crippen molar-refractivity contribution in [3.05, 3.63) is 35.4 Å². The van der Waals surface area contributed by atoms with E-state index in [1.807, 2.05) is 19.1 Å². The molecule has 0 bridgehead atoms. The van der Waals surface area contributed by atoms with Crippen LogP contribution in [0.25, 0.3) is 0 Å². The van der Waals surface area contributed by atoms with Gasteiger partial charge in [0.25, 0.3) is 0 Å². The zero-order chi connectivity index (χ0) is 12.8. The number of carbonyl (C=O) groups excluding carboxylic acids is 2. The highest BCUT2D eigenvalue weighted by Crippen LogP contribution is 2.14. The average Bonchev–Trinajstić information content (AvgIpc) is 2.35. The van der Waals surface area contributed by atoms with Crippen molar-refractivity contribution >= 4 is 11.8 Å². The second-order valence-corrected chi connectivity index (χ2v) is 4.11. The van der Waals surface area contributed by atoms with Gasteiger partial charge in [0.1, 0.15) is 5.78 Å². The van der Waals surface area contributed by atoms with Crippen molar-refractivity contribution in [2.24, 2.45) is 5.92 Å². The average molecular weight is 234 g/mol. The first-order valence-corrected chi connectivity index (χ1v) is 5.76. The van der Waals surface area contributed by atoms with Crippen LogP contribution in [-0.2, 0) is 16.0 Å². The summed E-state index contributed by atoms with van der Waals surface area (Å²) in [5, 5.41) is 0. The van der Waals surface area contributed by atoms with E-state index in [1.165, 1.54) is 7.11 Å². The maximum atomic E-state index is 11.3. The molecule has 0 aliphatic heterocycles. The Balaban J connectivity index is 2.74. The molecule has 17 heavy (non-hydrogen) atoms. The number of hydrogen-bond acceptors (Lipinski definition) is 3. The Hall–Kier alpha value is -1.64. The van der Waals surface area contributed by atoms with Crippen molar-refractivity contribution in [2.45, 2.75) is 26.7 Å². The third-order valence-electron chi connectivity index (χ3n) is 2.92. The van der Waals surface area contributed by atoms with Crippen molar-refractivity contribution in [1.29, 1.82) is 0 Å². The summed E-state index contributed by atoms with van der Waals surface area (Å²) in [5.74, 6) is -0.0568. The normalized spacial score (nSPS) is 11.9. The Labute approximate surface area is 102 Å². The quantitative estimate of drug-likeness (QED) is 0.735. The predicted molar refractivity (Wildman–Crippen MR) is 65.9 cm³/mol. The van der Waals surface area contributed by atoms with Crippen LogP contribution in [0.5, 0.6) is 0 Å². The fourth-order valence-corrected chi connectivity index (χ4v) is 1.75. The van der Waals surface area contributed by atoms with Crippen LogP contribution in [-0.4, -0.2) is 18.9 Å². The lowest BCUT2D eigenvalue weighted by molar-refractivity contribution is -0.120. The second kappa shape index (κ2) is 6.18. The molecule has 0 aromatic heterocycles. The van der Waals surface area contributed by atoms with Gasteiger partial charge in [0, 0.05) is 5.92 Å². The molecule has 0 amide bonds. The van der Waals surface area contributed by atoms with Gasteiger partial charge < -0.3 is 4.74 Å². The molecule has 0 N–H and O–H groups in total. The zero-order valence-electron chi connectivity index (χ0n) is 10.5. The molecule has 0 spiro atoms. The summed E-state index contributed by atoms with van der Waals surface area (Å²) < 4.78 is 4.62. The summed E-state index contributed by atoms with van der Waals surface area (Å²) in [7, 11) is 1.36. The van der Waals surface area contributed by atoms with E-state index in [0.29, 0.717) is 5.56 Å². The molecule has 0 heterocycles. The molecular formula is C14H18O3. The van der Waals surface area contributed by atoms with Gasteiger partial charge in [-0.05, 0) is 37.5 Å². The fourth-order valence-electron chi connectivity index (χ4n) is 1.75. The Kier molecular flexibility index (Phi) is 4.88. The van der Waals surface area contributed by atoms with Gasteiger partial charge in [-0.1, -0.05) is 19.1 Å². The number of Topliss-reactive ketones (excluding diaryl/α,β-unsaturated/α-hetero) is 1. The summed E-state index contributed by atoms with van der Waals surface area (Å²) in [4.78, 5) is 22.6. The molecule has 1 aromatic rings. The highest BCUT2D eigenvalue weighted by atomic mass is 16.5. The highest BCUT2D eigenvalue weighted by molar-refractivity contribution is 5.89. The zero-order valence-corrected chi connectivity index (χ0v) is 10.5. The van der Waals surface area contributed by atoms with Crippen LogP contribution in [0.4, 0.5) is 0 Å². The van der Waals surface area contributed by atoms with Crippen molar-refractivity contribution in [1.82, 2.24) is 0 Å². The Bertz CT molecular complexity index is 392. The van der Waals surface area contributed by atoms with Crippen LogP contribution >= 0.6 is 0 Å². The highest BCUT2D eigenvalue weighted by Gasteiger charge is 2.13. The van der Waals surface area contributed by atoms with Gasteiger partial charge in [-0.25, -0.2) is 4.79 Å². The minimum absolute atomic E-state index is 0.0685. The molecule has 3 heteroatoms. The number of methoxy groups -OCH3 is 1. The van der Waals surface area contributed by atoms with E-state index in [4.69, 9.17) is 0 Å². The number of hydrogen-bond donors (Lipinski definition) is 0. The van der Waals surface area contributed by atoms with Crippen LogP contribution in [0.15, 0.2) is 24.3 Å². The monoisotopic (exact) mass is 234 g/mol. The Morgan fingerprint density at radius 2 is 1.82 bits per heavy atom. The van der Waals surface area contributed by atoms with Gasteiger partial charge in [-0.2, -0.15) is 0 Å². The van der Waals surface area contributed by atoms with Crippen molar-refractivity contribution in [3.63, 3.8) is 0 Å². The lowest BCUT2D eigenvalue weighted by atomic mass is 9.93. The molecule has 0 aliphatic carbocycles. The first-order valence-electron chi connectivity index (χ1n) is 5.76. The lowest BCUT2D eigenvalue weighted by Gasteiger charge is -2.11. The van der Waals surface area contributed by atoms with E-state index in [0.717, 1.165) is 18.4 Å². The third kappa shape index (κ3) is 3.70. The van der Waals surface area contributed by atoms with E-state index in [1.54, 1.807) is 19.1 Å². The van der Waals surface area contributed by atoms with Crippen molar-refractivity contribution < 1.29 is 14.3 Å². The van der Waals surface area contributed by atoms with E-state index in [2.05, 4.69) is 4.74 Å². The van der Waals surface area contributed by atoms with Gasteiger partial charge in [-0.15, -0.1) is 0 Å². The summed E-state index contributed by atoms with van der Waals surface area (Å²) in [5.41, 5.74) is 1.60. The minimum Gasteiger partial charge on any atom is -0.465 e. The SMILES string of the molecule is CCC(Cc1ccc(C(=O)OC)cc1)C(C)=O. The Morgan fingerprint density at radius 3 is 2.24 bits per heavy atom. The molecule has 1 atom stereocenters. The third-order valence-corrected chi connectivity index (χ3v) is 2.92. The van der Waals surface area contributed by atoms with Gasteiger partial charge >= 0.3 is 5.97 Å². The number of benzene rings is 1. The maximum absolute atomic E-state index is 11.3. The number of ketones is 1. The van der Waals surface area contributed by atoms with Crippen molar-refractivity contribution in [2.75, 3.05) is 7.11 Å². The molecule has 0 radical (unpaired) electrons. The molecule has 1 rings (SSSR count). The molecule has 1 unspecified atom stereocenters. The first kappa shape index (κ1) is 13.4. The first-order chi connectivity index (χ1) is 8.08. The second-order valence-electron chi connectivity index (χ2n) is 4.11. The summed E-state index contributed by atoms with van der Waals surface area (Å²) in [6.07, 6.45) is 1.57. The van der Waals surface area contributed by atoms with Crippen LogP contribution in [0.1, 0.15) is 36.2 Å². The van der Waals surface area contributed by atoms with Crippen LogP contribution in [0, 0.1) is 5.92 Å². The molecule has 0 saturated heterocycles. The number of ether oxygens (including phenoxy) is 1. The topological polar surface area (TPSA) is 43.4 Å². The molecule has 3 nitrogen and oxygen atoms in total. The van der Waals surface area contributed by atoms with E-state index >= 15 is 0 Å².